The van der Waals surface area contributed by atoms with E-state index in [4.69, 9.17) is 9.97 Å². The second-order valence-electron chi connectivity index (χ2n) is 31.6. The topological polar surface area (TPSA) is 51.6 Å². The van der Waals surface area contributed by atoms with Gasteiger partial charge in [-0.3, -0.25) is 0 Å². The van der Waals surface area contributed by atoms with Crippen molar-refractivity contribution in [3.8, 4) is 67.3 Å². The molecule has 4 bridgehead atoms. The van der Waals surface area contributed by atoms with Gasteiger partial charge in [-0.1, -0.05) is 219 Å². The first-order valence-electron chi connectivity index (χ1n) is 35.1. The van der Waals surface area contributed by atoms with Crippen molar-refractivity contribution in [1.29, 1.82) is 0 Å². The maximum atomic E-state index is 5.00. The molecule has 6 aromatic carbocycles. The van der Waals surface area contributed by atoms with Crippen LogP contribution in [0.1, 0.15) is 75.3 Å². The third-order valence-electron chi connectivity index (χ3n) is 20.3. The Labute approximate surface area is 608 Å². The van der Waals surface area contributed by atoms with Crippen molar-refractivity contribution in [2.75, 3.05) is 0 Å². The van der Waals surface area contributed by atoms with E-state index in [1.165, 1.54) is 115 Å². The van der Waals surface area contributed by atoms with Crippen LogP contribution in [0.3, 0.4) is 0 Å². The van der Waals surface area contributed by atoms with E-state index in [1.807, 2.05) is 67.0 Å². The molecule has 15 rings (SSSR count). The Morgan fingerprint density at radius 2 is 0.740 bits per heavy atom. The fourth-order valence-corrected chi connectivity index (χ4v) is 20.5. The molecule has 0 atom stereocenters. The van der Waals surface area contributed by atoms with Gasteiger partial charge in [0.05, 0.1) is 32.3 Å². The molecule has 0 amide bonds. The molecule has 5 aliphatic rings. The van der Waals surface area contributed by atoms with Crippen LogP contribution >= 0.6 is 0 Å². The average molecular weight is 1690 g/mol. The van der Waals surface area contributed by atoms with Crippen LogP contribution in [-0.4, -0.2) is 52.2 Å². The molecule has 502 valence electrons. The maximum absolute atomic E-state index is 5.00. The summed E-state index contributed by atoms with van der Waals surface area (Å²) >= 11 is 0. The van der Waals surface area contributed by atoms with Crippen molar-refractivity contribution in [3.63, 3.8) is 0 Å². The number of benzene rings is 6. The summed E-state index contributed by atoms with van der Waals surface area (Å²) in [6, 6.07) is 76.7. The van der Waals surface area contributed by atoms with Crippen LogP contribution in [0.15, 0.2) is 207 Å². The van der Waals surface area contributed by atoms with Gasteiger partial charge >= 0.3 is 0 Å². The number of rotatable bonds is 14. The predicted octanol–water partition coefficient (Wildman–Crippen LogP) is 20.4. The van der Waals surface area contributed by atoms with E-state index in [-0.39, 0.29) is 40.2 Å². The van der Waals surface area contributed by atoms with Gasteiger partial charge in [0.1, 0.15) is 0 Å². The third kappa shape index (κ3) is 19.7. The van der Waals surface area contributed by atoms with Crippen LogP contribution < -0.4 is 20.7 Å². The number of aromatic nitrogens is 4. The molecule has 0 saturated heterocycles. The van der Waals surface area contributed by atoms with Crippen LogP contribution in [-0.2, 0) is 53.1 Å². The second kappa shape index (κ2) is 33.3. The Morgan fingerprint density at radius 1 is 0.344 bits per heavy atom. The summed E-state index contributed by atoms with van der Waals surface area (Å²) in [7, 11) is -5.35. The van der Waals surface area contributed by atoms with Gasteiger partial charge in [0.25, 0.3) is 0 Å². The van der Waals surface area contributed by atoms with Crippen LogP contribution in [0.5, 0.6) is 0 Å². The summed E-state index contributed by atoms with van der Waals surface area (Å²) in [5, 5.41) is 5.89. The Morgan fingerprint density at radius 3 is 1.11 bits per heavy atom. The largest absolute Gasteiger partial charge is 0.305 e. The van der Waals surface area contributed by atoms with Crippen LogP contribution in [0.4, 0.5) is 0 Å². The van der Waals surface area contributed by atoms with Gasteiger partial charge in [0.15, 0.2) is 0 Å². The van der Waals surface area contributed by atoms with Crippen molar-refractivity contribution < 1.29 is 40.2 Å². The zero-order valence-electron chi connectivity index (χ0n) is 59.0. The summed E-state index contributed by atoms with van der Waals surface area (Å²) in [6.07, 6.45) is 25.5. The third-order valence-corrected chi connectivity index (χ3v) is 28.5. The first-order chi connectivity index (χ1) is 45.1. The van der Waals surface area contributed by atoms with E-state index >= 15 is 0 Å². The summed E-state index contributed by atoms with van der Waals surface area (Å²) in [4.78, 5) is 18.9. The van der Waals surface area contributed by atoms with Crippen LogP contribution in [0, 0.1) is 59.8 Å². The standard InChI is InChI=1S/C31H36NSi.C27H32NSi.2C14H16NSi.2Ir/c1-33(2,3)31-20-32-30(25-11-7-10-24(17-25)23-8-5-4-6-9-23)19-28(31)18-29-26-13-21-12-22(15-26)16-27(29)14-21;1-29(2,3)27-20-28-26(19-25(27)17-21-11-6-4-7-12-21)24-16-10-15-23(18-24)22-13-8-5-9-14-22;2*1-16(2,3)13-9-10-14(15-11-13)12-7-5-4-6-8-12;;/h4-10,17,19-22,26-27,29H,12-16,18H2,1-3H3;5,8-10,13-15,18-21H,4,6-7,11-12,17H2,1-3H3;2*4-7,9-11H,1-3H3;;/q4*-1;;. The molecule has 10 heteroatoms. The summed E-state index contributed by atoms with van der Waals surface area (Å²) in [5.74, 6) is 5.77. The molecule has 0 spiro atoms. The fourth-order valence-electron chi connectivity index (χ4n) is 15.3. The molecule has 4 heterocycles. The molecule has 4 nitrogen and oxygen atoms in total. The molecule has 5 saturated carbocycles. The van der Waals surface area contributed by atoms with Crippen molar-refractivity contribution in [1.82, 2.24) is 19.9 Å². The van der Waals surface area contributed by atoms with Gasteiger partial charge in [-0.05, 0) is 135 Å². The smallest absolute Gasteiger partial charge is 0.0798 e. The van der Waals surface area contributed by atoms with Gasteiger partial charge in [-0.15, -0.1) is 143 Å². The van der Waals surface area contributed by atoms with E-state index in [2.05, 4.69) is 253 Å². The first-order valence-corrected chi connectivity index (χ1v) is 49.1. The van der Waals surface area contributed by atoms with Gasteiger partial charge in [0, 0.05) is 65.0 Å². The molecule has 96 heavy (non-hydrogen) atoms. The molecule has 2 radical (unpaired) electrons. The maximum Gasteiger partial charge on any atom is 0.0798 e. The quantitative estimate of drug-likeness (QED) is 0.0804. The Hall–Kier alpha value is -5.91. The molecule has 5 aliphatic carbocycles. The van der Waals surface area contributed by atoms with Crippen molar-refractivity contribution >= 4 is 53.0 Å². The normalized spacial score (nSPS) is 18.2. The zero-order valence-corrected chi connectivity index (χ0v) is 67.8. The summed E-state index contributed by atoms with van der Waals surface area (Å²) < 4.78 is 0. The van der Waals surface area contributed by atoms with Gasteiger partial charge < -0.3 is 19.9 Å². The van der Waals surface area contributed by atoms with Gasteiger partial charge in [-0.25, -0.2) is 0 Å². The minimum Gasteiger partial charge on any atom is -0.305 e. The fraction of sp³-hybridized carbons (Fsp3) is 0.349. The van der Waals surface area contributed by atoms with Crippen LogP contribution in [0.25, 0.3) is 67.3 Å². The molecule has 5 fully saturated rings. The molecule has 0 aliphatic heterocycles. The second-order valence-corrected chi connectivity index (χ2v) is 51.8. The first kappa shape index (κ1) is 74.3. The minimum atomic E-state index is -1.46. The number of pyridine rings is 4. The minimum absolute atomic E-state index is 0. The zero-order chi connectivity index (χ0) is 66.0. The summed E-state index contributed by atoms with van der Waals surface area (Å²) in [5.41, 5.74) is 16.6. The monoisotopic (exact) mass is 1690 g/mol. The Bertz CT molecular complexity index is 3920. The number of hydrogen-bond donors (Lipinski definition) is 0. The molecule has 0 unspecified atom stereocenters. The van der Waals surface area contributed by atoms with Crippen LogP contribution in [0.2, 0.25) is 78.6 Å². The number of nitrogens with zero attached hydrogens (tertiary/aromatic N) is 4. The van der Waals surface area contributed by atoms with Crippen molar-refractivity contribution in [2.45, 2.75) is 156 Å². The van der Waals surface area contributed by atoms with E-state index in [1.54, 1.807) is 16.3 Å². The van der Waals surface area contributed by atoms with E-state index in [0.29, 0.717) is 0 Å². The predicted molar refractivity (Wildman–Crippen MR) is 411 cm³/mol. The van der Waals surface area contributed by atoms with Gasteiger partial charge in [0.2, 0.25) is 0 Å². The van der Waals surface area contributed by atoms with Crippen molar-refractivity contribution in [3.05, 3.63) is 242 Å². The Balaban J connectivity index is 0.000000157. The molecule has 10 aromatic rings. The molecular weight excluding hydrogens is 1590 g/mol. The van der Waals surface area contributed by atoms with E-state index < -0.39 is 32.3 Å². The SMILES string of the molecule is C[Si](C)(C)c1ccc(-c2[c-]cccc2)nc1.C[Si](C)(C)c1ccc(-c2[c-]cccc2)nc1.C[Si](C)(C)c1cnc(-c2[c-]ccc(-c3ccccc3)c2)cc1CC1C2CC3CC(C2)CC1C3.C[Si](C)(C)c1cnc(-c2[c-]ccc(-c3ccccc3)c2)cc1CC1CCCCC1.[Ir].[Ir]. The van der Waals surface area contributed by atoms with E-state index in [9.17, 15) is 0 Å². The van der Waals surface area contributed by atoms with E-state index in [0.717, 1.165) is 80.5 Å². The number of hydrogen-bond acceptors (Lipinski definition) is 4. The van der Waals surface area contributed by atoms with Gasteiger partial charge in [-0.2, -0.15) is 0 Å². The summed E-state index contributed by atoms with van der Waals surface area (Å²) in [6.45, 7) is 28.7. The molecular formula is C86H100Ir2N4Si4-4. The average Bonchev–Trinajstić information content (AvgIpc) is 0.759. The molecule has 4 aromatic heterocycles. The Kier molecular flexibility index (Phi) is 25.8. The van der Waals surface area contributed by atoms with Crippen molar-refractivity contribution in [2.24, 2.45) is 35.5 Å². The molecule has 0 N–H and O–H groups in total.